The highest BCUT2D eigenvalue weighted by molar-refractivity contribution is 7.83. The summed E-state index contributed by atoms with van der Waals surface area (Å²) in [4.78, 5) is 34.4. The Morgan fingerprint density at radius 3 is 2.48 bits per heavy atom. The van der Waals surface area contributed by atoms with Gasteiger partial charge in [-0.05, 0) is 36.8 Å². The average molecular weight is 390 g/mol. The number of anilines is 1. The number of rotatable bonds is 7. The topological polar surface area (TPSA) is 116 Å². The molecule has 0 spiro atoms. The van der Waals surface area contributed by atoms with Crippen molar-refractivity contribution >= 4 is 34.1 Å². The predicted molar refractivity (Wildman–Crippen MR) is 101 cm³/mol. The van der Waals surface area contributed by atoms with Crippen LogP contribution in [0.1, 0.15) is 22.8 Å². The van der Waals surface area contributed by atoms with E-state index in [4.69, 9.17) is 4.74 Å². The van der Waals surface area contributed by atoms with Crippen molar-refractivity contribution in [3.63, 3.8) is 0 Å². The molecule has 0 fully saturated rings. The molecule has 0 aromatic heterocycles. The van der Waals surface area contributed by atoms with E-state index in [1.54, 1.807) is 30.5 Å². The third kappa shape index (κ3) is 6.00. The van der Waals surface area contributed by atoms with Crippen LogP contribution in [0, 0.1) is 10.1 Å². The van der Waals surface area contributed by atoms with Crippen molar-refractivity contribution in [3.05, 3.63) is 69.8 Å². The number of nitrogens with zero attached hydrogens (tertiary/aromatic N) is 1. The molecular weight excluding hydrogens is 372 g/mol. The van der Waals surface area contributed by atoms with E-state index in [-0.39, 0.29) is 11.3 Å². The molecule has 0 saturated carbocycles. The fraction of sp³-hybridized carbons (Fsp3) is 0.222. The van der Waals surface area contributed by atoms with Crippen molar-refractivity contribution in [2.75, 3.05) is 11.6 Å². The Morgan fingerprint density at radius 1 is 1.22 bits per heavy atom. The van der Waals surface area contributed by atoms with Gasteiger partial charge in [0.1, 0.15) is 0 Å². The summed E-state index contributed by atoms with van der Waals surface area (Å²) in [5, 5.41) is 13.1. The average Bonchev–Trinajstić information content (AvgIpc) is 2.61. The third-order valence-electron chi connectivity index (χ3n) is 3.53. The second kappa shape index (κ2) is 9.04. The van der Waals surface area contributed by atoms with E-state index in [1.165, 1.54) is 31.2 Å². The molecule has 9 heteroatoms. The van der Waals surface area contributed by atoms with Crippen molar-refractivity contribution in [3.8, 4) is 0 Å². The van der Waals surface area contributed by atoms with Crippen LogP contribution in [-0.4, -0.2) is 33.4 Å². The fourth-order valence-electron chi connectivity index (χ4n) is 2.22. The lowest BCUT2D eigenvalue weighted by Crippen LogP contribution is -2.30. The first kappa shape index (κ1) is 20.2. The third-order valence-corrected chi connectivity index (χ3v) is 4.27. The van der Waals surface area contributed by atoms with Crippen LogP contribution in [0.3, 0.4) is 0 Å². The number of esters is 1. The highest BCUT2D eigenvalue weighted by Gasteiger charge is 2.19. The van der Waals surface area contributed by atoms with Crippen LogP contribution >= 0.6 is 0 Å². The second-order valence-corrected chi connectivity index (χ2v) is 7.19. The summed E-state index contributed by atoms with van der Waals surface area (Å²) < 4.78 is 16.5. The number of carbonyl (C=O) groups is 2. The van der Waals surface area contributed by atoms with Gasteiger partial charge in [0.15, 0.2) is 6.10 Å². The lowest BCUT2D eigenvalue weighted by molar-refractivity contribution is -0.384. The maximum Gasteiger partial charge on any atom is 0.338 e. The van der Waals surface area contributed by atoms with Gasteiger partial charge >= 0.3 is 5.97 Å². The standard InChI is InChI=1S/C18H18N2O6S/c1-12(17(21)19-15-6-8-16(9-7-15)20(23)24)26-18(22)14-5-3-4-13(10-14)11-27(2)25/h3-10,12H,11H2,1-2H3,(H,19,21). The Morgan fingerprint density at radius 2 is 1.89 bits per heavy atom. The number of nitrogens with one attached hydrogen (secondary N) is 1. The number of amides is 1. The molecule has 142 valence electrons. The maximum absolute atomic E-state index is 12.2. The van der Waals surface area contributed by atoms with Crippen molar-refractivity contribution in [2.24, 2.45) is 0 Å². The molecule has 2 rings (SSSR count). The van der Waals surface area contributed by atoms with E-state index < -0.39 is 33.7 Å². The largest absolute Gasteiger partial charge is 0.449 e. The zero-order valence-electron chi connectivity index (χ0n) is 14.7. The molecule has 8 nitrogen and oxygen atoms in total. The highest BCUT2D eigenvalue weighted by atomic mass is 32.2. The monoisotopic (exact) mass is 390 g/mol. The minimum Gasteiger partial charge on any atom is -0.449 e. The number of hydrogen-bond donors (Lipinski definition) is 1. The number of nitro groups is 1. The molecule has 0 radical (unpaired) electrons. The number of hydrogen-bond acceptors (Lipinski definition) is 6. The van der Waals surface area contributed by atoms with Crippen molar-refractivity contribution < 1.29 is 23.5 Å². The summed E-state index contributed by atoms with van der Waals surface area (Å²) in [6, 6.07) is 11.8. The molecule has 0 saturated heterocycles. The minimum absolute atomic E-state index is 0.0969. The van der Waals surface area contributed by atoms with Gasteiger partial charge in [0.25, 0.3) is 11.6 Å². The van der Waals surface area contributed by atoms with Gasteiger partial charge in [-0.25, -0.2) is 4.79 Å². The van der Waals surface area contributed by atoms with Crippen molar-refractivity contribution in [1.29, 1.82) is 0 Å². The van der Waals surface area contributed by atoms with Crippen LogP contribution in [0.4, 0.5) is 11.4 Å². The number of nitro benzene ring substituents is 1. The molecule has 0 aliphatic heterocycles. The molecule has 2 aromatic rings. The van der Waals surface area contributed by atoms with Gasteiger partial charge in [-0.15, -0.1) is 0 Å². The van der Waals surface area contributed by atoms with Crippen LogP contribution in [-0.2, 0) is 26.1 Å². The molecule has 1 N–H and O–H groups in total. The first-order chi connectivity index (χ1) is 12.8. The number of ether oxygens (including phenoxy) is 1. The molecule has 0 heterocycles. The summed E-state index contributed by atoms with van der Waals surface area (Å²) in [7, 11) is -1.04. The Kier molecular flexibility index (Phi) is 6.78. The quantitative estimate of drug-likeness (QED) is 0.441. The van der Waals surface area contributed by atoms with Crippen LogP contribution < -0.4 is 5.32 Å². The molecule has 27 heavy (non-hydrogen) atoms. The van der Waals surface area contributed by atoms with Crippen molar-refractivity contribution in [1.82, 2.24) is 0 Å². The SMILES string of the molecule is CC(OC(=O)c1cccc(CS(C)=O)c1)C(=O)Nc1ccc([N+](=O)[O-])cc1. The normalized spacial score (nSPS) is 12.7. The second-order valence-electron chi connectivity index (χ2n) is 5.76. The highest BCUT2D eigenvalue weighted by Crippen LogP contribution is 2.16. The molecule has 1 amide bonds. The van der Waals surface area contributed by atoms with E-state index in [9.17, 15) is 23.9 Å². The summed E-state index contributed by atoms with van der Waals surface area (Å²) in [5.41, 5.74) is 1.24. The summed E-state index contributed by atoms with van der Waals surface area (Å²) in [5.74, 6) is -0.926. The van der Waals surface area contributed by atoms with Gasteiger partial charge in [0.05, 0.1) is 10.5 Å². The molecule has 0 bridgehead atoms. The molecule has 0 aliphatic carbocycles. The first-order valence-corrected chi connectivity index (χ1v) is 9.64. The molecule has 2 atom stereocenters. The lowest BCUT2D eigenvalue weighted by Gasteiger charge is -2.14. The molecule has 2 unspecified atom stereocenters. The van der Waals surface area contributed by atoms with E-state index in [2.05, 4.69) is 5.32 Å². The first-order valence-electron chi connectivity index (χ1n) is 7.91. The van der Waals surface area contributed by atoms with Crippen molar-refractivity contribution in [2.45, 2.75) is 18.8 Å². The summed E-state index contributed by atoms with van der Waals surface area (Å²) >= 11 is 0. The number of non-ortho nitro benzene ring substituents is 1. The van der Waals surface area contributed by atoms with Crippen LogP contribution in [0.15, 0.2) is 48.5 Å². The van der Waals surface area contributed by atoms with Gasteiger partial charge in [0.2, 0.25) is 0 Å². The van der Waals surface area contributed by atoms with Gasteiger partial charge in [0, 0.05) is 40.6 Å². The van der Waals surface area contributed by atoms with Crippen LogP contribution in [0.25, 0.3) is 0 Å². The Balaban J connectivity index is 1.98. The van der Waals surface area contributed by atoms with Crippen LogP contribution in [0.2, 0.25) is 0 Å². The molecule has 0 aliphatic rings. The Labute approximate surface area is 158 Å². The minimum atomic E-state index is -1.07. The van der Waals surface area contributed by atoms with E-state index in [1.807, 2.05) is 0 Å². The van der Waals surface area contributed by atoms with Crippen LogP contribution in [0.5, 0.6) is 0 Å². The van der Waals surface area contributed by atoms with Gasteiger partial charge < -0.3 is 10.1 Å². The zero-order valence-corrected chi connectivity index (χ0v) is 15.5. The Hall–Kier alpha value is -3.07. The smallest absolute Gasteiger partial charge is 0.338 e. The van der Waals surface area contributed by atoms with E-state index in [0.29, 0.717) is 11.4 Å². The predicted octanol–water partition coefficient (Wildman–Crippen LogP) is 2.66. The zero-order chi connectivity index (χ0) is 20.0. The summed E-state index contributed by atoms with van der Waals surface area (Å²) in [6.45, 7) is 1.42. The number of benzene rings is 2. The Bertz CT molecular complexity index is 882. The van der Waals surface area contributed by atoms with Gasteiger partial charge in [-0.3, -0.25) is 19.1 Å². The van der Waals surface area contributed by atoms with Gasteiger partial charge in [-0.1, -0.05) is 12.1 Å². The van der Waals surface area contributed by atoms with E-state index in [0.717, 1.165) is 5.56 Å². The van der Waals surface area contributed by atoms with Gasteiger partial charge in [-0.2, -0.15) is 0 Å². The lowest BCUT2D eigenvalue weighted by atomic mass is 10.1. The fourth-order valence-corrected chi connectivity index (χ4v) is 2.86. The summed E-state index contributed by atoms with van der Waals surface area (Å²) in [6.07, 6.45) is 0.493. The molecule has 2 aromatic carbocycles. The molecular formula is C18H18N2O6S. The number of carbonyl (C=O) groups excluding carboxylic acids is 2. The maximum atomic E-state index is 12.2. The van der Waals surface area contributed by atoms with E-state index >= 15 is 0 Å².